The molecule has 17 heteroatoms. The summed E-state index contributed by atoms with van der Waals surface area (Å²) < 4.78 is 24.9. The van der Waals surface area contributed by atoms with Crippen LogP contribution >= 0.6 is 0 Å². The van der Waals surface area contributed by atoms with Crippen molar-refractivity contribution < 1.29 is 53.6 Å². The fourth-order valence-electron chi connectivity index (χ4n) is 7.96. The Balaban J connectivity index is 1.19. The number of hydrogen-bond acceptors (Lipinski definition) is 14. The number of anilines is 1. The van der Waals surface area contributed by atoms with E-state index in [4.69, 9.17) is 30.1 Å². The number of ether oxygens (including phenoxy) is 4. The third-order valence-corrected chi connectivity index (χ3v) is 10.8. The van der Waals surface area contributed by atoms with Gasteiger partial charge in [-0.1, -0.05) is 42.5 Å². The number of aliphatic hydroxyl groups is 2. The molecule has 5 heterocycles. The van der Waals surface area contributed by atoms with Crippen molar-refractivity contribution >= 4 is 46.5 Å². The number of carbonyl (C=O) groups excluding carboxylic acids is 3. The lowest BCUT2D eigenvalue weighted by atomic mass is 9.79. The minimum absolute atomic E-state index is 0.0225. The van der Waals surface area contributed by atoms with Crippen LogP contribution < -0.4 is 20.7 Å². The number of benzene rings is 3. The number of nitrogens with two attached hydrogens (primary N) is 1. The molecule has 4 aromatic rings. The van der Waals surface area contributed by atoms with E-state index in [1.807, 2.05) is 0 Å². The summed E-state index contributed by atoms with van der Waals surface area (Å²) in [6.45, 7) is -0.145. The zero-order valence-corrected chi connectivity index (χ0v) is 30.5. The molecule has 0 saturated carbocycles. The summed E-state index contributed by atoms with van der Waals surface area (Å²) in [5.41, 5.74) is 8.01. The molecule has 1 saturated heterocycles. The molecule has 294 valence electrons. The van der Waals surface area contributed by atoms with E-state index in [0.29, 0.717) is 28.4 Å². The number of nitrogens with one attached hydrogen (secondary N) is 3. The number of hydrogen-bond donors (Lipinski definition) is 7. The molecule has 9 rings (SSSR count). The largest absolute Gasteiger partial charge is 0.504 e. The summed E-state index contributed by atoms with van der Waals surface area (Å²) in [6, 6.07) is 18.4. The van der Waals surface area contributed by atoms with Gasteiger partial charge in [0.25, 0.3) is 11.7 Å². The van der Waals surface area contributed by atoms with Crippen LogP contribution in [0, 0.1) is 5.41 Å². The topological polar surface area (TPSA) is 253 Å². The number of carbonyl (C=O) groups is 3. The van der Waals surface area contributed by atoms with Crippen LogP contribution in [0.4, 0.5) is 11.5 Å². The normalized spacial score (nSPS) is 26.1. The molecule has 1 amide bonds. The van der Waals surface area contributed by atoms with Crippen molar-refractivity contribution in [2.75, 3.05) is 25.6 Å². The molecule has 5 aliphatic rings. The Hall–Kier alpha value is -6.63. The maximum Gasteiger partial charge on any atom is 0.284 e. The Morgan fingerprint density at radius 1 is 0.966 bits per heavy atom. The van der Waals surface area contributed by atoms with Gasteiger partial charge in [0, 0.05) is 39.9 Å². The third-order valence-electron chi connectivity index (χ3n) is 10.8. The molecule has 4 aliphatic heterocycles. The van der Waals surface area contributed by atoms with Gasteiger partial charge >= 0.3 is 0 Å². The highest BCUT2D eigenvalue weighted by Gasteiger charge is 2.49. The summed E-state index contributed by atoms with van der Waals surface area (Å²) in [6.07, 6.45) is -2.09. The van der Waals surface area contributed by atoms with Gasteiger partial charge in [0.05, 0.1) is 18.4 Å². The molecule has 17 nitrogen and oxygen atoms in total. The van der Waals surface area contributed by atoms with E-state index in [-0.39, 0.29) is 71.0 Å². The highest BCUT2D eigenvalue weighted by atomic mass is 16.7. The number of aromatic hydroxyl groups is 1. The highest BCUT2D eigenvalue weighted by molar-refractivity contribution is 6.68. The van der Waals surface area contributed by atoms with Crippen molar-refractivity contribution in [1.29, 1.82) is 5.41 Å². The molecule has 3 aromatic carbocycles. The number of para-hydroxylation sites is 1. The summed E-state index contributed by atoms with van der Waals surface area (Å²) >= 11 is 0. The van der Waals surface area contributed by atoms with Crippen LogP contribution in [0.5, 0.6) is 11.5 Å². The number of phenolic OH excluding ortho intramolecular Hbond substituents is 1. The maximum absolute atomic E-state index is 14.2. The standard InChI is InChI=1S/C41H35N7O10/c42-28-15-19(9-12-44-28)10-14-56-37-35(53)33(51)27-17-55-13-11-20(21-5-3-4-8-26(21)48-18-45-30-38(48)46-41(43)47-39(30)54)24-16-25-29(34(52)36(24)58-40(37)57-27)32(50)23-7-2-1-6-22(23)31(25)49/h1-9,11-13,15-16,20,27,33,35,37,40,51-53H,10,14,17-18H2,(H2,42,44)(H2,43,47,54)/p+1. The minimum atomic E-state index is -1.56. The third kappa shape index (κ3) is 6.30. The van der Waals surface area contributed by atoms with Crippen LogP contribution in [0.15, 0.2) is 95.2 Å². The van der Waals surface area contributed by atoms with E-state index in [2.05, 4.69) is 20.3 Å². The molecule has 8 N–H and O–H groups in total. The molecule has 0 spiro atoms. The second-order valence-electron chi connectivity index (χ2n) is 14.2. The van der Waals surface area contributed by atoms with Crippen LogP contribution in [-0.4, -0.2) is 106 Å². The summed E-state index contributed by atoms with van der Waals surface area (Å²) in [5, 5.41) is 45.4. The first-order valence-corrected chi connectivity index (χ1v) is 18.4. The zero-order chi connectivity index (χ0) is 40.2. The number of allylic oxidation sites excluding steroid dienone is 1. The number of aliphatic hydroxyl groups excluding tert-OH is 2. The predicted molar refractivity (Wildman–Crippen MR) is 204 cm³/mol. The van der Waals surface area contributed by atoms with E-state index in [1.54, 1.807) is 66.9 Å². The number of quaternary nitrogens is 1. The number of ketones is 2. The van der Waals surface area contributed by atoms with Gasteiger partial charge in [0.15, 0.2) is 29.7 Å². The van der Waals surface area contributed by atoms with E-state index in [1.165, 1.54) is 18.4 Å². The van der Waals surface area contributed by atoms with Crippen LogP contribution in [0.1, 0.15) is 54.5 Å². The quantitative estimate of drug-likeness (QED) is 0.125. The molecule has 7 unspecified atom stereocenters. The first-order valence-electron chi connectivity index (χ1n) is 18.4. The second-order valence-corrected chi connectivity index (χ2v) is 14.2. The van der Waals surface area contributed by atoms with Crippen LogP contribution in [0.3, 0.4) is 0 Å². The number of fused-ring (bicyclic) bond motifs is 6. The Morgan fingerprint density at radius 3 is 2.55 bits per heavy atom. The molecule has 1 aliphatic carbocycles. The molecular weight excluding hydrogens is 750 g/mol. The monoisotopic (exact) mass is 786 g/mol. The van der Waals surface area contributed by atoms with Crippen LogP contribution in [0.25, 0.3) is 0 Å². The lowest BCUT2D eigenvalue weighted by molar-refractivity contribution is -0.723. The number of aromatic nitrogens is 1. The molecule has 58 heavy (non-hydrogen) atoms. The number of guanidine groups is 1. The van der Waals surface area contributed by atoms with E-state index in [9.17, 15) is 29.7 Å². The van der Waals surface area contributed by atoms with Crippen molar-refractivity contribution in [3.05, 3.63) is 124 Å². The lowest BCUT2D eigenvalue weighted by Gasteiger charge is -2.42. The first kappa shape index (κ1) is 37.0. The van der Waals surface area contributed by atoms with E-state index >= 15 is 0 Å². The number of amidine groups is 1. The highest BCUT2D eigenvalue weighted by Crippen LogP contribution is 2.48. The van der Waals surface area contributed by atoms with Gasteiger partial charge in [-0.2, -0.15) is 4.99 Å². The average Bonchev–Trinajstić information content (AvgIpc) is 3.63. The average molecular weight is 787 g/mol. The zero-order valence-electron chi connectivity index (χ0n) is 30.5. The van der Waals surface area contributed by atoms with Crippen molar-refractivity contribution in [1.82, 2.24) is 10.3 Å². The summed E-state index contributed by atoms with van der Waals surface area (Å²) in [7, 11) is 0. The van der Waals surface area contributed by atoms with E-state index < -0.39 is 59.8 Å². The number of aliphatic imine (C=N–C) groups is 2. The molecule has 2 bridgehead atoms. The van der Waals surface area contributed by atoms with Gasteiger partial charge in [-0.05, 0) is 42.3 Å². The lowest BCUT2D eigenvalue weighted by Crippen LogP contribution is -3.09. The Kier molecular flexibility index (Phi) is 9.38. The number of phenols is 1. The summed E-state index contributed by atoms with van der Waals surface area (Å²) in [4.78, 5) is 54.3. The molecule has 1 aromatic heterocycles. The minimum Gasteiger partial charge on any atom is -0.504 e. The van der Waals surface area contributed by atoms with Gasteiger partial charge in [-0.3, -0.25) is 25.1 Å². The fraction of sp³-hybridized carbons (Fsp3) is 0.244. The first-order chi connectivity index (χ1) is 28.1. The van der Waals surface area contributed by atoms with Crippen molar-refractivity contribution in [2.24, 2.45) is 9.98 Å². The smallest absolute Gasteiger partial charge is 0.284 e. The second kappa shape index (κ2) is 14.7. The molecule has 0 radical (unpaired) electrons. The van der Waals surface area contributed by atoms with Crippen molar-refractivity contribution in [2.45, 2.75) is 43.0 Å². The van der Waals surface area contributed by atoms with Crippen LogP contribution in [-0.2, 0) is 25.4 Å². The molecule has 1 fully saturated rings. The fourth-order valence-corrected chi connectivity index (χ4v) is 7.96. The SMILES string of the molecule is N=C1N=C2C(=NC[NH+]2c2ccccc2C2C=COCC3OC(Oc4c2cc2c(c4O)C(=O)c4ccccc4C2=O)C(OCCc2ccnc(N)c2)C(O)C3O)C(=O)N1. The number of rotatable bonds is 6. The Bertz CT molecular complexity index is 2500. The van der Waals surface area contributed by atoms with Gasteiger partial charge in [-0.25, -0.2) is 14.9 Å². The predicted octanol–water partition coefficient (Wildman–Crippen LogP) is 0.666. The number of amides is 1. The Labute approximate surface area is 329 Å². The summed E-state index contributed by atoms with van der Waals surface area (Å²) in [5.74, 6) is -3.25. The van der Waals surface area contributed by atoms with Crippen molar-refractivity contribution in [3.8, 4) is 11.5 Å². The Morgan fingerprint density at radius 2 is 1.74 bits per heavy atom. The maximum atomic E-state index is 14.2. The molecule has 7 atom stereocenters. The van der Waals surface area contributed by atoms with Gasteiger partial charge in [-0.15, -0.1) is 0 Å². The number of nitrogens with zero attached hydrogens (tertiary/aromatic N) is 3. The number of nitrogen functional groups attached to an aromatic ring is 1. The van der Waals surface area contributed by atoms with Gasteiger partial charge in [0.1, 0.15) is 42.5 Å². The number of pyridine rings is 1. The van der Waals surface area contributed by atoms with Crippen molar-refractivity contribution in [3.63, 3.8) is 0 Å². The van der Waals surface area contributed by atoms with E-state index in [0.717, 1.165) is 5.56 Å². The van der Waals surface area contributed by atoms with Gasteiger partial charge in [0.2, 0.25) is 18.0 Å². The van der Waals surface area contributed by atoms with Gasteiger partial charge < -0.3 is 40.0 Å². The van der Waals surface area contributed by atoms with Crippen LogP contribution in [0.2, 0.25) is 0 Å². The molecular formula is C41H36N7O10+.